The van der Waals surface area contributed by atoms with Gasteiger partial charge in [-0.25, -0.2) is 0 Å². The fourth-order valence-corrected chi connectivity index (χ4v) is 3.04. The van der Waals surface area contributed by atoms with Crippen LogP contribution in [0.5, 0.6) is 0 Å². The van der Waals surface area contributed by atoms with Crippen LogP contribution in [0.2, 0.25) is 0 Å². The molecule has 2 atom stereocenters. The van der Waals surface area contributed by atoms with Gasteiger partial charge in [-0.3, -0.25) is 9.59 Å². The summed E-state index contributed by atoms with van der Waals surface area (Å²) in [6.45, 7) is 0. The van der Waals surface area contributed by atoms with E-state index in [-0.39, 0.29) is 17.5 Å². The highest BCUT2D eigenvalue weighted by Crippen LogP contribution is 2.28. The molecule has 2 rings (SSSR count). The molecule has 2 unspecified atom stereocenters. The summed E-state index contributed by atoms with van der Waals surface area (Å²) in [5.74, 6) is -0.139. The summed E-state index contributed by atoms with van der Waals surface area (Å²) in [5, 5.41) is 3.66. The van der Waals surface area contributed by atoms with Gasteiger partial charge in [0, 0.05) is 36.2 Å². The van der Waals surface area contributed by atoms with Gasteiger partial charge in [0.15, 0.2) is 0 Å². The van der Waals surface area contributed by atoms with E-state index >= 15 is 0 Å². The molecular formula is C13H18N2O2S. The Balaban J connectivity index is 2.00. The molecule has 1 N–H and O–H groups in total. The molecule has 0 bridgehead atoms. The third kappa shape index (κ3) is 2.96. The van der Waals surface area contributed by atoms with Crippen LogP contribution in [0.3, 0.4) is 0 Å². The zero-order chi connectivity index (χ0) is 13.1. The van der Waals surface area contributed by atoms with Crippen molar-refractivity contribution >= 4 is 17.7 Å². The number of hydrogen-bond acceptors (Lipinski definition) is 3. The van der Waals surface area contributed by atoms with Crippen LogP contribution in [0.4, 0.5) is 0 Å². The fraction of sp³-hybridized carbons (Fsp3) is 0.538. The van der Waals surface area contributed by atoms with Crippen LogP contribution in [0.25, 0.3) is 0 Å². The maximum Gasteiger partial charge on any atom is 0.251 e. The summed E-state index contributed by atoms with van der Waals surface area (Å²) in [5.41, 5.74) is 0.293. The van der Waals surface area contributed by atoms with Crippen molar-refractivity contribution in [2.24, 2.45) is 7.05 Å². The van der Waals surface area contributed by atoms with E-state index < -0.39 is 0 Å². The van der Waals surface area contributed by atoms with Crippen molar-refractivity contribution in [3.63, 3.8) is 0 Å². The number of aromatic nitrogens is 1. The number of nitrogens with zero attached hydrogens (tertiary/aromatic N) is 1. The third-order valence-electron chi connectivity index (χ3n) is 3.42. The molecule has 98 valence electrons. The first-order valence-corrected chi connectivity index (χ1v) is 7.39. The van der Waals surface area contributed by atoms with Gasteiger partial charge in [-0.05, 0) is 31.6 Å². The van der Waals surface area contributed by atoms with Crippen molar-refractivity contribution in [2.75, 3.05) is 6.26 Å². The van der Waals surface area contributed by atoms with Gasteiger partial charge in [0.05, 0.1) is 0 Å². The fourth-order valence-electron chi connectivity index (χ4n) is 2.24. The van der Waals surface area contributed by atoms with Gasteiger partial charge in [0.2, 0.25) is 0 Å². The van der Waals surface area contributed by atoms with E-state index in [0.29, 0.717) is 10.8 Å². The zero-order valence-corrected chi connectivity index (χ0v) is 11.5. The quantitative estimate of drug-likeness (QED) is 0.899. The van der Waals surface area contributed by atoms with E-state index in [1.165, 1.54) is 10.6 Å². The predicted octanol–water partition coefficient (Wildman–Crippen LogP) is 1.40. The van der Waals surface area contributed by atoms with E-state index in [4.69, 9.17) is 0 Å². The van der Waals surface area contributed by atoms with E-state index in [0.717, 1.165) is 19.3 Å². The molecule has 1 heterocycles. The highest BCUT2D eigenvalue weighted by molar-refractivity contribution is 7.99. The number of amides is 1. The number of hydrogen-bond donors (Lipinski definition) is 1. The molecule has 0 radical (unpaired) electrons. The van der Waals surface area contributed by atoms with Crippen molar-refractivity contribution in [3.05, 3.63) is 34.2 Å². The minimum Gasteiger partial charge on any atom is -0.349 e. The van der Waals surface area contributed by atoms with Gasteiger partial charge in [-0.2, -0.15) is 11.8 Å². The smallest absolute Gasteiger partial charge is 0.251 e. The minimum atomic E-state index is -0.156. The zero-order valence-electron chi connectivity index (χ0n) is 10.7. The molecule has 4 nitrogen and oxygen atoms in total. The average molecular weight is 266 g/mol. The molecule has 18 heavy (non-hydrogen) atoms. The van der Waals surface area contributed by atoms with E-state index in [2.05, 4.69) is 11.6 Å². The van der Waals surface area contributed by atoms with Crippen LogP contribution in [0.1, 0.15) is 29.6 Å². The Morgan fingerprint density at radius 2 is 2.28 bits per heavy atom. The number of thioether (sulfide) groups is 1. The SMILES string of the molecule is CSC1CCC(NC(=O)c2ccn(C)c(=O)c2)C1. The van der Waals surface area contributed by atoms with Gasteiger partial charge in [0.1, 0.15) is 0 Å². The Morgan fingerprint density at radius 3 is 2.89 bits per heavy atom. The normalized spacial score (nSPS) is 23.0. The van der Waals surface area contributed by atoms with Crippen molar-refractivity contribution in [3.8, 4) is 0 Å². The van der Waals surface area contributed by atoms with Gasteiger partial charge in [-0.15, -0.1) is 0 Å². The van der Waals surface area contributed by atoms with E-state index in [9.17, 15) is 9.59 Å². The van der Waals surface area contributed by atoms with Crippen LogP contribution >= 0.6 is 11.8 Å². The summed E-state index contributed by atoms with van der Waals surface area (Å²) in [7, 11) is 1.67. The molecule has 1 aromatic heterocycles. The van der Waals surface area contributed by atoms with Gasteiger partial charge >= 0.3 is 0 Å². The summed E-state index contributed by atoms with van der Waals surface area (Å²) in [6, 6.07) is 3.31. The summed E-state index contributed by atoms with van der Waals surface area (Å²) in [6.07, 6.45) is 6.94. The van der Waals surface area contributed by atoms with Crippen molar-refractivity contribution in [1.29, 1.82) is 0 Å². The second-order valence-electron chi connectivity index (χ2n) is 4.71. The topological polar surface area (TPSA) is 51.1 Å². The van der Waals surface area contributed by atoms with Crippen molar-refractivity contribution in [1.82, 2.24) is 9.88 Å². The molecule has 0 aliphatic heterocycles. The van der Waals surface area contributed by atoms with Crippen LogP contribution in [-0.4, -0.2) is 28.0 Å². The van der Waals surface area contributed by atoms with Crippen LogP contribution < -0.4 is 10.9 Å². The van der Waals surface area contributed by atoms with Gasteiger partial charge < -0.3 is 9.88 Å². The second-order valence-corrected chi connectivity index (χ2v) is 5.84. The lowest BCUT2D eigenvalue weighted by atomic mass is 10.2. The minimum absolute atomic E-state index is 0.139. The summed E-state index contributed by atoms with van der Waals surface area (Å²) < 4.78 is 1.45. The third-order valence-corrected chi connectivity index (χ3v) is 4.51. The first kappa shape index (κ1) is 13.2. The number of pyridine rings is 1. The molecule has 5 heteroatoms. The van der Waals surface area contributed by atoms with Crippen LogP contribution in [0.15, 0.2) is 23.1 Å². The van der Waals surface area contributed by atoms with Crippen LogP contribution in [-0.2, 0) is 7.05 Å². The Bertz CT molecular complexity index is 498. The summed E-state index contributed by atoms with van der Waals surface area (Å²) >= 11 is 1.86. The largest absolute Gasteiger partial charge is 0.349 e. The maximum atomic E-state index is 12.0. The maximum absolute atomic E-state index is 12.0. The molecular weight excluding hydrogens is 248 g/mol. The number of carbonyl (C=O) groups excluding carboxylic acids is 1. The lowest BCUT2D eigenvalue weighted by molar-refractivity contribution is 0.0937. The molecule has 0 aromatic carbocycles. The highest BCUT2D eigenvalue weighted by atomic mass is 32.2. The molecule has 1 fully saturated rings. The van der Waals surface area contributed by atoms with E-state index in [1.807, 2.05) is 11.8 Å². The first-order valence-electron chi connectivity index (χ1n) is 6.10. The number of carbonyl (C=O) groups is 1. The molecule has 1 amide bonds. The Morgan fingerprint density at radius 1 is 1.50 bits per heavy atom. The van der Waals surface area contributed by atoms with E-state index in [1.54, 1.807) is 19.3 Å². The Hall–Kier alpha value is -1.23. The summed E-state index contributed by atoms with van der Waals surface area (Å²) in [4.78, 5) is 23.5. The molecule has 1 aromatic rings. The van der Waals surface area contributed by atoms with Crippen molar-refractivity contribution < 1.29 is 4.79 Å². The monoisotopic (exact) mass is 266 g/mol. The Kier molecular flexibility index (Phi) is 4.11. The molecule has 0 spiro atoms. The molecule has 0 saturated heterocycles. The number of nitrogens with one attached hydrogen (secondary N) is 1. The Labute approximate surface area is 111 Å². The average Bonchev–Trinajstić information content (AvgIpc) is 2.80. The molecule has 1 saturated carbocycles. The number of aryl methyl sites for hydroxylation is 1. The molecule has 1 aliphatic carbocycles. The standard InChI is InChI=1S/C13H18N2O2S/c1-15-6-5-9(7-12(15)16)13(17)14-10-3-4-11(8-10)18-2/h5-7,10-11H,3-4,8H2,1-2H3,(H,14,17). The van der Waals surface area contributed by atoms with Crippen LogP contribution in [0, 0.1) is 0 Å². The lowest BCUT2D eigenvalue weighted by Gasteiger charge is -2.12. The highest BCUT2D eigenvalue weighted by Gasteiger charge is 2.25. The van der Waals surface area contributed by atoms with Gasteiger partial charge in [0.25, 0.3) is 11.5 Å². The van der Waals surface area contributed by atoms with Crippen molar-refractivity contribution in [2.45, 2.75) is 30.6 Å². The lowest BCUT2D eigenvalue weighted by Crippen LogP contribution is -2.34. The first-order chi connectivity index (χ1) is 8.60. The van der Waals surface area contributed by atoms with Gasteiger partial charge in [-0.1, -0.05) is 0 Å². The predicted molar refractivity (Wildman–Crippen MR) is 74.1 cm³/mol. The second kappa shape index (κ2) is 5.61. The molecule has 1 aliphatic rings. The number of rotatable bonds is 3.